The van der Waals surface area contributed by atoms with Gasteiger partial charge < -0.3 is 9.94 Å². The monoisotopic (exact) mass is 229 g/mol. The zero-order valence-corrected chi connectivity index (χ0v) is 8.98. The maximum Gasteiger partial charge on any atom is 0.332 e. The van der Waals surface area contributed by atoms with Gasteiger partial charge in [-0.2, -0.15) is 5.06 Å². The van der Waals surface area contributed by atoms with Gasteiger partial charge in [-0.05, 0) is 19.3 Å². The molecule has 0 saturated carbocycles. The standard InChI is InChI=1S/C10H15NO5/c12-8-4-3-7-11(8)16-10(15)6-2-1-5-9(13)14/h1-7H2,(H,13,14). The summed E-state index contributed by atoms with van der Waals surface area (Å²) < 4.78 is 0. The van der Waals surface area contributed by atoms with Crippen LogP contribution in [0.25, 0.3) is 0 Å². The molecule has 0 aromatic heterocycles. The van der Waals surface area contributed by atoms with Gasteiger partial charge in [-0.15, -0.1) is 0 Å². The first-order chi connectivity index (χ1) is 7.59. The highest BCUT2D eigenvalue weighted by Gasteiger charge is 2.23. The highest BCUT2D eigenvalue weighted by molar-refractivity contribution is 5.79. The number of aliphatic carboxylic acids is 1. The smallest absolute Gasteiger partial charge is 0.332 e. The predicted octanol–water partition coefficient (Wildman–Crippen LogP) is 0.712. The van der Waals surface area contributed by atoms with Crippen molar-refractivity contribution in [1.29, 1.82) is 0 Å². The molecule has 1 rings (SSSR count). The molecule has 1 N–H and O–H groups in total. The molecule has 1 aliphatic heterocycles. The summed E-state index contributed by atoms with van der Waals surface area (Å²) in [6, 6.07) is 0. The van der Waals surface area contributed by atoms with Crippen LogP contribution in [0.4, 0.5) is 0 Å². The molecule has 0 radical (unpaired) electrons. The van der Waals surface area contributed by atoms with Gasteiger partial charge in [-0.3, -0.25) is 9.59 Å². The van der Waals surface area contributed by atoms with Crippen molar-refractivity contribution >= 4 is 17.8 Å². The summed E-state index contributed by atoms with van der Waals surface area (Å²) in [5.74, 6) is -1.51. The van der Waals surface area contributed by atoms with Crippen LogP contribution in [0.1, 0.15) is 38.5 Å². The Bertz CT molecular complexity index is 289. The zero-order valence-electron chi connectivity index (χ0n) is 8.98. The summed E-state index contributed by atoms with van der Waals surface area (Å²) in [6.45, 7) is 0.458. The van der Waals surface area contributed by atoms with Crippen LogP contribution in [0.3, 0.4) is 0 Å². The summed E-state index contributed by atoms with van der Waals surface area (Å²) >= 11 is 0. The van der Waals surface area contributed by atoms with Gasteiger partial charge in [-0.1, -0.05) is 0 Å². The first-order valence-electron chi connectivity index (χ1n) is 5.32. The Balaban J connectivity index is 2.11. The number of carboxylic acid groups (broad SMARTS) is 1. The minimum atomic E-state index is -0.872. The number of carboxylic acids is 1. The van der Waals surface area contributed by atoms with Gasteiger partial charge in [0.1, 0.15) is 0 Å². The van der Waals surface area contributed by atoms with Crippen LogP contribution in [0, 0.1) is 0 Å². The third-order valence-corrected chi connectivity index (χ3v) is 2.26. The van der Waals surface area contributed by atoms with Crippen molar-refractivity contribution in [2.45, 2.75) is 38.5 Å². The lowest BCUT2D eigenvalue weighted by Gasteiger charge is -2.13. The van der Waals surface area contributed by atoms with E-state index >= 15 is 0 Å². The minimum absolute atomic E-state index is 0.0515. The van der Waals surface area contributed by atoms with Crippen molar-refractivity contribution in [3.05, 3.63) is 0 Å². The summed E-state index contributed by atoms with van der Waals surface area (Å²) in [7, 11) is 0. The first kappa shape index (κ1) is 12.5. The Morgan fingerprint density at radius 3 is 2.56 bits per heavy atom. The third kappa shape index (κ3) is 4.29. The molecule has 16 heavy (non-hydrogen) atoms. The molecule has 1 aliphatic rings. The number of hydrogen-bond acceptors (Lipinski definition) is 4. The number of hydrogen-bond donors (Lipinski definition) is 1. The second kappa shape index (κ2) is 6.09. The molecule has 0 unspecified atom stereocenters. The Kier molecular flexibility index (Phi) is 4.75. The topological polar surface area (TPSA) is 83.9 Å². The summed E-state index contributed by atoms with van der Waals surface area (Å²) in [4.78, 5) is 37.4. The molecule has 0 aromatic carbocycles. The van der Waals surface area contributed by atoms with Crippen LogP contribution in [0.5, 0.6) is 0 Å². The van der Waals surface area contributed by atoms with Crippen molar-refractivity contribution in [2.24, 2.45) is 0 Å². The van der Waals surface area contributed by atoms with Crippen molar-refractivity contribution < 1.29 is 24.3 Å². The highest BCUT2D eigenvalue weighted by Crippen LogP contribution is 2.11. The first-order valence-corrected chi connectivity index (χ1v) is 5.32. The number of carbonyl (C=O) groups excluding carboxylic acids is 2. The second-order valence-electron chi connectivity index (χ2n) is 3.66. The SMILES string of the molecule is O=C(O)CCCCC(=O)ON1CCCC1=O. The molecular formula is C10H15NO5. The highest BCUT2D eigenvalue weighted by atomic mass is 16.7. The molecule has 6 nitrogen and oxygen atoms in total. The van der Waals surface area contributed by atoms with Gasteiger partial charge >= 0.3 is 11.9 Å². The van der Waals surface area contributed by atoms with E-state index in [9.17, 15) is 14.4 Å². The minimum Gasteiger partial charge on any atom is -0.481 e. The number of unbranched alkanes of at least 4 members (excludes halogenated alkanes) is 1. The van der Waals surface area contributed by atoms with Crippen LogP contribution in [-0.4, -0.2) is 34.6 Å². The molecule has 0 aliphatic carbocycles. The lowest BCUT2D eigenvalue weighted by atomic mass is 10.2. The molecule has 6 heteroatoms. The van der Waals surface area contributed by atoms with Crippen LogP contribution in [-0.2, 0) is 19.2 Å². The molecule has 1 heterocycles. The largest absolute Gasteiger partial charge is 0.481 e. The van der Waals surface area contributed by atoms with Gasteiger partial charge in [-0.25, -0.2) is 4.79 Å². The van der Waals surface area contributed by atoms with E-state index in [2.05, 4.69) is 0 Å². The Morgan fingerprint density at radius 1 is 1.31 bits per heavy atom. The van der Waals surface area contributed by atoms with Crippen LogP contribution < -0.4 is 0 Å². The average Bonchev–Trinajstić information content (AvgIpc) is 2.59. The average molecular weight is 229 g/mol. The molecule has 0 spiro atoms. The number of nitrogens with zero attached hydrogens (tertiary/aromatic N) is 1. The van der Waals surface area contributed by atoms with Gasteiger partial charge in [0.05, 0.1) is 6.54 Å². The van der Waals surface area contributed by atoms with E-state index in [4.69, 9.17) is 9.94 Å². The summed E-state index contributed by atoms with van der Waals surface area (Å²) in [6.07, 6.45) is 2.25. The van der Waals surface area contributed by atoms with E-state index in [-0.39, 0.29) is 18.7 Å². The fourth-order valence-corrected chi connectivity index (χ4v) is 1.43. The number of amides is 1. The molecule has 1 amide bonds. The van der Waals surface area contributed by atoms with Crippen molar-refractivity contribution in [2.75, 3.05) is 6.54 Å². The molecular weight excluding hydrogens is 214 g/mol. The van der Waals surface area contributed by atoms with Gasteiger partial charge in [0.15, 0.2) is 0 Å². The van der Waals surface area contributed by atoms with Gasteiger partial charge in [0, 0.05) is 19.3 Å². The van der Waals surface area contributed by atoms with E-state index in [1.54, 1.807) is 0 Å². The number of hydroxylamine groups is 2. The maximum absolute atomic E-state index is 11.2. The predicted molar refractivity (Wildman–Crippen MR) is 53.1 cm³/mol. The van der Waals surface area contributed by atoms with Crippen LogP contribution in [0.2, 0.25) is 0 Å². The van der Waals surface area contributed by atoms with Crippen LogP contribution >= 0.6 is 0 Å². The van der Waals surface area contributed by atoms with E-state index in [1.165, 1.54) is 0 Å². The lowest BCUT2D eigenvalue weighted by molar-refractivity contribution is -0.193. The molecule has 0 aromatic rings. The molecule has 1 fully saturated rings. The number of rotatable bonds is 6. The van der Waals surface area contributed by atoms with E-state index < -0.39 is 11.9 Å². The lowest BCUT2D eigenvalue weighted by Crippen LogP contribution is -2.28. The maximum atomic E-state index is 11.2. The second-order valence-corrected chi connectivity index (χ2v) is 3.66. The fourth-order valence-electron chi connectivity index (χ4n) is 1.43. The summed E-state index contributed by atoms with van der Waals surface area (Å²) in [5.41, 5.74) is 0. The normalized spacial score (nSPS) is 15.2. The van der Waals surface area contributed by atoms with Gasteiger partial charge in [0.25, 0.3) is 5.91 Å². The summed E-state index contributed by atoms with van der Waals surface area (Å²) in [5, 5.41) is 9.46. The number of carbonyl (C=O) groups is 3. The Morgan fingerprint density at radius 2 is 2.00 bits per heavy atom. The Labute approximate surface area is 93.1 Å². The Hall–Kier alpha value is -1.59. The van der Waals surface area contributed by atoms with E-state index in [1.807, 2.05) is 0 Å². The molecule has 0 bridgehead atoms. The van der Waals surface area contributed by atoms with Crippen molar-refractivity contribution in [3.63, 3.8) is 0 Å². The fraction of sp³-hybridized carbons (Fsp3) is 0.700. The van der Waals surface area contributed by atoms with Gasteiger partial charge in [0.2, 0.25) is 0 Å². The molecule has 90 valence electrons. The molecule has 0 atom stereocenters. The van der Waals surface area contributed by atoms with Crippen molar-refractivity contribution in [3.8, 4) is 0 Å². The molecule has 1 saturated heterocycles. The van der Waals surface area contributed by atoms with E-state index in [0.29, 0.717) is 32.2 Å². The zero-order chi connectivity index (χ0) is 12.0. The van der Waals surface area contributed by atoms with Crippen LogP contribution in [0.15, 0.2) is 0 Å². The van der Waals surface area contributed by atoms with Crippen molar-refractivity contribution in [1.82, 2.24) is 5.06 Å². The quantitative estimate of drug-likeness (QED) is 0.678. The third-order valence-electron chi connectivity index (χ3n) is 2.26. The van der Waals surface area contributed by atoms with E-state index in [0.717, 1.165) is 5.06 Å².